The van der Waals surface area contributed by atoms with Crippen molar-refractivity contribution in [3.8, 4) is 5.75 Å². The number of rotatable bonds is 3. The molecule has 0 aliphatic carbocycles. The standard InChI is InChI=1S/C10H13NO/c1-4-9(3)12-10-5-6-11-7-8(10)2/h4-7,9H,1H2,2-3H3. The highest BCUT2D eigenvalue weighted by Crippen LogP contribution is 2.16. The lowest BCUT2D eigenvalue weighted by molar-refractivity contribution is 0.268. The van der Waals surface area contributed by atoms with Crippen molar-refractivity contribution in [2.75, 3.05) is 0 Å². The van der Waals surface area contributed by atoms with Crippen molar-refractivity contribution >= 4 is 0 Å². The molecule has 1 heterocycles. The highest BCUT2D eigenvalue weighted by molar-refractivity contribution is 5.28. The Kier molecular flexibility index (Phi) is 2.86. The minimum absolute atomic E-state index is 0.0473. The molecule has 0 fully saturated rings. The topological polar surface area (TPSA) is 22.1 Å². The molecule has 1 aromatic heterocycles. The van der Waals surface area contributed by atoms with Crippen LogP contribution in [0.15, 0.2) is 31.1 Å². The first-order valence-corrected chi connectivity index (χ1v) is 3.94. The summed E-state index contributed by atoms with van der Waals surface area (Å²) in [6, 6.07) is 1.86. The van der Waals surface area contributed by atoms with Gasteiger partial charge in [0, 0.05) is 18.0 Å². The molecule has 0 saturated heterocycles. The van der Waals surface area contributed by atoms with Gasteiger partial charge in [-0.1, -0.05) is 12.7 Å². The molecule has 0 aromatic carbocycles. The van der Waals surface area contributed by atoms with E-state index in [0.29, 0.717) is 0 Å². The first-order valence-electron chi connectivity index (χ1n) is 3.94. The number of hydrogen-bond donors (Lipinski definition) is 0. The van der Waals surface area contributed by atoms with Crippen LogP contribution in [0.5, 0.6) is 5.75 Å². The molecule has 0 N–H and O–H groups in total. The molecule has 12 heavy (non-hydrogen) atoms. The predicted molar refractivity (Wildman–Crippen MR) is 49.3 cm³/mol. The lowest BCUT2D eigenvalue weighted by atomic mass is 10.3. The zero-order valence-corrected chi connectivity index (χ0v) is 7.45. The molecule has 1 unspecified atom stereocenters. The SMILES string of the molecule is C=CC(C)Oc1ccncc1C. The van der Waals surface area contributed by atoms with Crippen molar-refractivity contribution in [2.45, 2.75) is 20.0 Å². The maximum atomic E-state index is 5.54. The molecule has 1 aromatic rings. The zero-order valence-electron chi connectivity index (χ0n) is 7.45. The van der Waals surface area contributed by atoms with E-state index in [0.717, 1.165) is 11.3 Å². The molecule has 2 nitrogen and oxygen atoms in total. The van der Waals surface area contributed by atoms with E-state index in [2.05, 4.69) is 11.6 Å². The van der Waals surface area contributed by atoms with Crippen molar-refractivity contribution in [3.05, 3.63) is 36.7 Å². The molecule has 1 rings (SSSR count). The average Bonchev–Trinajstić information content (AvgIpc) is 2.09. The van der Waals surface area contributed by atoms with Gasteiger partial charge >= 0.3 is 0 Å². The third-order valence-corrected chi connectivity index (χ3v) is 1.61. The smallest absolute Gasteiger partial charge is 0.126 e. The van der Waals surface area contributed by atoms with Crippen LogP contribution in [0.2, 0.25) is 0 Å². The van der Waals surface area contributed by atoms with E-state index in [9.17, 15) is 0 Å². The Labute approximate surface area is 72.9 Å². The summed E-state index contributed by atoms with van der Waals surface area (Å²) in [5.74, 6) is 0.873. The second-order valence-corrected chi connectivity index (χ2v) is 2.70. The molecule has 2 heteroatoms. The summed E-state index contributed by atoms with van der Waals surface area (Å²) < 4.78 is 5.54. The van der Waals surface area contributed by atoms with Crippen LogP contribution < -0.4 is 4.74 Å². The number of hydrogen-bond acceptors (Lipinski definition) is 2. The summed E-state index contributed by atoms with van der Waals surface area (Å²) in [6.07, 6.45) is 5.31. The van der Waals surface area contributed by atoms with Gasteiger partial charge in [0.1, 0.15) is 11.9 Å². The maximum Gasteiger partial charge on any atom is 0.126 e. The molecule has 0 aliphatic heterocycles. The largest absolute Gasteiger partial charge is 0.486 e. The first-order chi connectivity index (χ1) is 5.74. The lowest BCUT2D eigenvalue weighted by Gasteiger charge is -2.11. The minimum Gasteiger partial charge on any atom is -0.486 e. The second kappa shape index (κ2) is 3.90. The molecule has 0 spiro atoms. The number of ether oxygens (including phenoxy) is 1. The summed E-state index contributed by atoms with van der Waals surface area (Å²) >= 11 is 0. The van der Waals surface area contributed by atoms with E-state index in [-0.39, 0.29) is 6.10 Å². The van der Waals surface area contributed by atoms with Crippen LogP contribution >= 0.6 is 0 Å². The van der Waals surface area contributed by atoms with Gasteiger partial charge in [0.2, 0.25) is 0 Å². The Hall–Kier alpha value is -1.31. The molecule has 0 bridgehead atoms. The summed E-state index contributed by atoms with van der Waals surface area (Å²) in [7, 11) is 0. The highest BCUT2D eigenvalue weighted by Gasteiger charge is 2.00. The van der Waals surface area contributed by atoms with Crippen LogP contribution in [0, 0.1) is 6.92 Å². The van der Waals surface area contributed by atoms with Gasteiger partial charge in [-0.2, -0.15) is 0 Å². The first kappa shape index (κ1) is 8.78. The van der Waals surface area contributed by atoms with E-state index in [1.165, 1.54) is 0 Å². The fourth-order valence-electron chi connectivity index (χ4n) is 0.841. The molecule has 0 radical (unpaired) electrons. The average molecular weight is 163 g/mol. The summed E-state index contributed by atoms with van der Waals surface area (Å²) in [5, 5.41) is 0. The Morgan fingerprint density at radius 1 is 1.67 bits per heavy atom. The third kappa shape index (κ3) is 2.09. The van der Waals surface area contributed by atoms with Crippen LogP contribution in [0.1, 0.15) is 12.5 Å². The molecule has 0 amide bonds. The molecular formula is C10H13NO. The van der Waals surface area contributed by atoms with Crippen LogP contribution in [0.4, 0.5) is 0 Å². The van der Waals surface area contributed by atoms with E-state index in [1.54, 1.807) is 18.5 Å². The number of aryl methyl sites for hydroxylation is 1. The summed E-state index contributed by atoms with van der Waals surface area (Å²) in [4.78, 5) is 3.97. The molecular weight excluding hydrogens is 150 g/mol. The van der Waals surface area contributed by atoms with E-state index in [4.69, 9.17) is 4.74 Å². The highest BCUT2D eigenvalue weighted by atomic mass is 16.5. The van der Waals surface area contributed by atoms with Gasteiger partial charge in [0.25, 0.3) is 0 Å². The monoisotopic (exact) mass is 163 g/mol. The van der Waals surface area contributed by atoms with Gasteiger partial charge in [-0.05, 0) is 19.9 Å². The predicted octanol–water partition coefficient (Wildman–Crippen LogP) is 2.34. The van der Waals surface area contributed by atoms with Crippen LogP contribution in [0.3, 0.4) is 0 Å². The van der Waals surface area contributed by atoms with Crippen molar-refractivity contribution in [2.24, 2.45) is 0 Å². The van der Waals surface area contributed by atoms with Crippen LogP contribution in [-0.2, 0) is 0 Å². The van der Waals surface area contributed by atoms with Gasteiger partial charge < -0.3 is 4.74 Å². The maximum absolute atomic E-state index is 5.54. The molecule has 64 valence electrons. The van der Waals surface area contributed by atoms with E-state index in [1.807, 2.05) is 19.9 Å². The number of nitrogens with zero attached hydrogens (tertiary/aromatic N) is 1. The van der Waals surface area contributed by atoms with Gasteiger partial charge in [0.05, 0.1) is 0 Å². The number of pyridine rings is 1. The van der Waals surface area contributed by atoms with Crippen LogP contribution in [-0.4, -0.2) is 11.1 Å². The van der Waals surface area contributed by atoms with E-state index >= 15 is 0 Å². The summed E-state index contributed by atoms with van der Waals surface area (Å²) in [5.41, 5.74) is 1.05. The summed E-state index contributed by atoms with van der Waals surface area (Å²) in [6.45, 7) is 7.57. The van der Waals surface area contributed by atoms with Gasteiger partial charge in [-0.25, -0.2) is 0 Å². The lowest BCUT2D eigenvalue weighted by Crippen LogP contribution is -2.08. The third-order valence-electron chi connectivity index (χ3n) is 1.61. The van der Waals surface area contributed by atoms with Crippen LogP contribution in [0.25, 0.3) is 0 Å². The normalized spacial score (nSPS) is 12.2. The zero-order chi connectivity index (χ0) is 8.97. The van der Waals surface area contributed by atoms with Crippen molar-refractivity contribution in [1.82, 2.24) is 4.98 Å². The quantitative estimate of drug-likeness (QED) is 0.638. The fourth-order valence-corrected chi connectivity index (χ4v) is 0.841. The van der Waals surface area contributed by atoms with Crippen molar-refractivity contribution < 1.29 is 4.74 Å². The Bertz CT molecular complexity index is 270. The van der Waals surface area contributed by atoms with Crippen molar-refractivity contribution in [3.63, 3.8) is 0 Å². The van der Waals surface area contributed by atoms with Crippen molar-refractivity contribution in [1.29, 1.82) is 0 Å². The minimum atomic E-state index is 0.0473. The fraction of sp³-hybridized carbons (Fsp3) is 0.300. The number of aromatic nitrogens is 1. The van der Waals surface area contributed by atoms with E-state index < -0.39 is 0 Å². The molecule has 1 atom stereocenters. The Balaban J connectivity index is 2.75. The van der Waals surface area contributed by atoms with Gasteiger partial charge in [-0.3, -0.25) is 4.98 Å². The molecule has 0 saturated carbocycles. The van der Waals surface area contributed by atoms with Gasteiger partial charge in [-0.15, -0.1) is 0 Å². The van der Waals surface area contributed by atoms with Gasteiger partial charge in [0.15, 0.2) is 0 Å². The second-order valence-electron chi connectivity index (χ2n) is 2.70. The Morgan fingerprint density at radius 2 is 2.42 bits per heavy atom. The molecule has 0 aliphatic rings. The Morgan fingerprint density at radius 3 is 3.00 bits per heavy atom.